The Morgan fingerprint density at radius 3 is 0.250 bits per heavy atom. The molecule has 0 aromatic carbocycles. The van der Waals surface area contributed by atoms with E-state index in [-0.39, 0.29) is 81.7 Å². The van der Waals surface area contributed by atoms with E-state index in [1.807, 2.05) is 0 Å². The third-order valence-corrected chi connectivity index (χ3v) is 0. The van der Waals surface area contributed by atoms with E-state index in [2.05, 4.69) is 0 Å². The van der Waals surface area contributed by atoms with Crippen molar-refractivity contribution >= 4 is 0 Å². The van der Waals surface area contributed by atoms with Crippen molar-refractivity contribution in [1.29, 1.82) is 0 Å². The molecule has 40 valence electrons. The van der Waals surface area contributed by atoms with Gasteiger partial charge >= 0.3 is 0 Å². The van der Waals surface area contributed by atoms with Crippen molar-refractivity contribution in [2.75, 3.05) is 0 Å². The first kappa shape index (κ1) is 30.2. The average molecular weight is 426 g/mol. The second kappa shape index (κ2) is 17.4. The molecular weight excluding hydrogens is 426 g/mol. The predicted octanol–water partition coefficient (Wildman–Crippen LogP) is -0.0100. The van der Waals surface area contributed by atoms with Crippen LogP contribution in [0.2, 0.25) is 0 Å². The Kier molecular flexibility index (Phi) is 132. The summed E-state index contributed by atoms with van der Waals surface area (Å²) in [6, 6.07) is 0. The molecule has 0 bridgehead atoms. The van der Waals surface area contributed by atoms with Crippen LogP contribution in [0.15, 0.2) is 0 Å². The summed E-state index contributed by atoms with van der Waals surface area (Å²) in [4.78, 5) is 0. The van der Waals surface area contributed by atoms with Gasteiger partial charge in [0.2, 0.25) is 0 Å². The molecule has 0 unspecified atom stereocenters. The fraction of sp³-hybridized carbons (Fsp3) is 0. The van der Waals surface area contributed by atoms with Crippen molar-refractivity contribution in [3.8, 4) is 0 Å². The van der Waals surface area contributed by atoms with E-state index in [1.165, 1.54) is 0 Å². The molecule has 0 aromatic rings. The summed E-state index contributed by atoms with van der Waals surface area (Å²) in [6.07, 6.45) is 0. The Balaban J connectivity index is 0. The molecule has 0 saturated heterocycles. The van der Waals surface area contributed by atoms with Crippen molar-refractivity contribution in [1.82, 2.24) is 0 Å². The molecule has 0 amide bonds. The van der Waals surface area contributed by atoms with E-state index in [0.717, 1.165) is 0 Å². The summed E-state index contributed by atoms with van der Waals surface area (Å²) in [7, 11) is 0. The van der Waals surface area contributed by atoms with Crippen LogP contribution in [0.4, 0.5) is 0 Å². The van der Waals surface area contributed by atoms with Gasteiger partial charge in [-0.3, -0.25) is 0 Å². The van der Waals surface area contributed by atoms with Crippen LogP contribution in [0.5, 0.6) is 0 Å². The minimum atomic E-state index is 0. The van der Waals surface area contributed by atoms with E-state index in [0.29, 0.717) is 0 Å². The maximum Gasteiger partial charge on any atom is 0 e. The molecule has 0 rings (SSSR count). The van der Waals surface area contributed by atoms with Crippen LogP contribution >= 0.6 is 0 Å². The Labute approximate surface area is 80.5 Å². The maximum absolute atomic E-state index is 0. The molecule has 0 atom stereocenters. The molecule has 0 aliphatic heterocycles. The summed E-state index contributed by atoms with van der Waals surface area (Å²) in [5.74, 6) is 0. The number of hydrogen-bond donors (Lipinski definition) is 0. The van der Waals surface area contributed by atoms with Gasteiger partial charge in [0.15, 0.2) is 0 Å². The van der Waals surface area contributed by atoms with Gasteiger partial charge < -0.3 is 0 Å². The summed E-state index contributed by atoms with van der Waals surface area (Å²) >= 11 is 0. The first-order valence-corrected chi connectivity index (χ1v) is 0. The largest absolute Gasteiger partial charge is 0 e. The minimum Gasteiger partial charge on any atom is 0 e. The quantitative estimate of drug-likeness (QED) is 0.479. The standard InChI is InChI=1S/4Pd. The Morgan fingerprint density at radius 2 is 0.250 bits per heavy atom. The predicted molar refractivity (Wildman–Crippen MR) is 0 cm³/mol. The second-order valence-corrected chi connectivity index (χ2v) is 0. The first-order valence-electron chi connectivity index (χ1n) is 0. The Morgan fingerprint density at radius 1 is 0.250 bits per heavy atom. The molecule has 0 aliphatic carbocycles. The van der Waals surface area contributed by atoms with Gasteiger partial charge in [0.25, 0.3) is 0 Å². The molecule has 0 heterocycles. The van der Waals surface area contributed by atoms with Crippen LogP contribution < -0.4 is 0 Å². The first-order chi connectivity index (χ1) is 0. The molecule has 0 saturated carbocycles. The number of hydrogen-bond acceptors (Lipinski definition) is 0. The normalized spacial score (nSPS) is 0. The van der Waals surface area contributed by atoms with Crippen molar-refractivity contribution in [2.45, 2.75) is 0 Å². The van der Waals surface area contributed by atoms with Gasteiger partial charge in [0.1, 0.15) is 0 Å². The molecule has 0 aromatic heterocycles. The summed E-state index contributed by atoms with van der Waals surface area (Å²) < 4.78 is 0. The van der Waals surface area contributed by atoms with E-state index in [1.54, 1.807) is 0 Å². The molecular formula is Pd4. The smallest absolute Gasteiger partial charge is 0 e. The van der Waals surface area contributed by atoms with Gasteiger partial charge in [-0.15, -0.1) is 0 Å². The van der Waals surface area contributed by atoms with Crippen molar-refractivity contribution < 1.29 is 81.7 Å². The minimum absolute atomic E-state index is 0. The fourth-order valence-corrected chi connectivity index (χ4v) is 0. The summed E-state index contributed by atoms with van der Waals surface area (Å²) in [6.45, 7) is 0. The topological polar surface area (TPSA) is 0 Å². The van der Waals surface area contributed by atoms with E-state index < -0.39 is 0 Å². The maximum atomic E-state index is 0. The fourth-order valence-electron chi connectivity index (χ4n) is 0. The van der Waals surface area contributed by atoms with Crippen molar-refractivity contribution in [3.05, 3.63) is 0 Å². The van der Waals surface area contributed by atoms with Gasteiger partial charge in [0.05, 0.1) is 0 Å². The van der Waals surface area contributed by atoms with Gasteiger partial charge in [-0.05, 0) is 0 Å². The molecule has 0 spiro atoms. The number of rotatable bonds is 0. The Bertz CT molecular complexity index is 0. The zero-order valence-corrected chi connectivity index (χ0v) is 7.48. The van der Waals surface area contributed by atoms with Crippen LogP contribution in [0.1, 0.15) is 0 Å². The molecule has 0 fully saturated rings. The van der Waals surface area contributed by atoms with Crippen LogP contribution in [-0.2, 0) is 81.7 Å². The molecule has 4 heavy (non-hydrogen) atoms. The van der Waals surface area contributed by atoms with Gasteiger partial charge in [-0.2, -0.15) is 0 Å². The Hall–Kier alpha value is 2.65. The molecule has 0 N–H and O–H groups in total. The van der Waals surface area contributed by atoms with Crippen LogP contribution in [0.3, 0.4) is 0 Å². The van der Waals surface area contributed by atoms with Gasteiger partial charge in [-0.1, -0.05) is 0 Å². The van der Waals surface area contributed by atoms with E-state index in [4.69, 9.17) is 0 Å². The molecule has 0 nitrogen and oxygen atoms in total. The monoisotopic (exact) mass is 424 g/mol. The summed E-state index contributed by atoms with van der Waals surface area (Å²) in [5, 5.41) is 0. The molecule has 0 aliphatic rings. The molecule has 4 heteroatoms. The van der Waals surface area contributed by atoms with E-state index >= 15 is 0 Å². The average Bonchev–Trinajstić information content (AvgIpc) is 0. The third-order valence-electron chi connectivity index (χ3n) is 0. The zero-order valence-electron chi connectivity index (χ0n) is 1.26. The SMILES string of the molecule is [Pd].[Pd].[Pd].[Pd]. The zero-order chi connectivity index (χ0) is 0. The van der Waals surface area contributed by atoms with Crippen LogP contribution in [-0.4, -0.2) is 0 Å². The van der Waals surface area contributed by atoms with Crippen LogP contribution in [0.25, 0.3) is 0 Å². The van der Waals surface area contributed by atoms with Crippen LogP contribution in [0, 0.1) is 0 Å². The van der Waals surface area contributed by atoms with Crippen molar-refractivity contribution in [3.63, 3.8) is 0 Å². The molecule has 0 radical (unpaired) electrons. The van der Waals surface area contributed by atoms with E-state index in [9.17, 15) is 0 Å². The van der Waals surface area contributed by atoms with Gasteiger partial charge in [0, 0.05) is 81.7 Å². The summed E-state index contributed by atoms with van der Waals surface area (Å²) in [5.41, 5.74) is 0. The second-order valence-electron chi connectivity index (χ2n) is 0. The van der Waals surface area contributed by atoms with Gasteiger partial charge in [-0.25, -0.2) is 0 Å². The third kappa shape index (κ3) is 8.82. The van der Waals surface area contributed by atoms with Crippen molar-refractivity contribution in [2.24, 2.45) is 0 Å².